The first kappa shape index (κ1) is 18.4. The highest BCUT2D eigenvalue weighted by Crippen LogP contribution is 2.32. The molecule has 0 aliphatic carbocycles. The summed E-state index contributed by atoms with van der Waals surface area (Å²) in [6.07, 6.45) is 2.94. The van der Waals surface area contributed by atoms with Crippen molar-refractivity contribution in [2.45, 2.75) is 29.4 Å². The Kier molecular flexibility index (Phi) is 5.54. The summed E-state index contributed by atoms with van der Waals surface area (Å²) in [5.41, 5.74) is 1.63. The average Bonchev–Trinajstić information content (AvgIpc) is 3.09. The van der Waals surface area contributed by atoms with Gasteiger partial charge in [-0.25, -0.2) is 13.4 Å². The first-order valence-electron chi connectivity index (χ1n) is 8.48. The number of rotatable bonds is 7. The molecule has 0 aliphatic heterocycles. The summed E-state index contributed by atoms with van der Waals surface area (Å²) in [6, 6.07) is 18.6. The maximum atomic E-state index is 13.2. The van der Waals surface area contributed by atoms with Crippen LogP contribution in [0.3, 0.4) is 0 Å². The summed E-state index contributed by atoms with van der Waals surface area (Å²) in [4.78, 5) is 4.00. The Bertz CT molecular complexity index is 937. The molecule has 0 radical (unpaired) electrons. The lowest BCUT2D eigenvalue weighted by Crippen LogP contribution is -2.28. The van der Waals surface area contributed by atoms with Gasteiger partial charge in [-0.1, -0.05) is 60.7 Å². The summed E-state index contributed by atoms with van der Waals surface area (Å²) in [6.45, 7) is 0. The van der Waals surface area contributed by atoms with Crippen molar-refractivity contribution in [3.8, 4) is 0 Å². The molecule has 3 aromatic rings. The fourth-order valence-corrected chi connectivity index (χ4v) is 5.06. The second kappa shape index (κ2) is 7.85. The Morgan fingerprint density at radius 1 is 1.04 bits per heavy atom. The van der Waals surface area contributed by atoms with Gasteiger partial charge in [0.15, 0.2) is 0 Å². The highest BCUT2D eigenvalue weighted by molar-refractivity contribution is 7.91. The van der Waals surface area contributed by atoms with Crippen LogP contribution in [0.2, 0.25) is 0 Å². The van der Waals surface area contributed by atoms with E-state index < -0.39 is 21.2 Å². The van der Waals surface area contributed by atoms with Crippen LogP contribution in [0.5, 0.6) is 0 Å². The van der Waals surface area contributed by atoms with E-state index in [2.05, 4.69) is 4.98 Å². The van der Waals surface area contributed by atoms with Crippen LogP contribution in [-0.2, 0) is 23.3 Å². The maximum absolute atomic E-state index is 13.2. The molecule has 1 N–H and O–H groups in total. The standard InChI is InChI=1S/C20H22N2O3S/c1-22-15-14-21-20(22)26(24,25)19(17-10-6-3-7-11-17)18(23)13-12-16-8-4-2-5-9-16/h2-11,14-15,18-19,23H,12-13H2,1H3. The van der Waals surface area contributed by atoms with Gasteiger partial charge in [-0.3, -0.25) is 0 Å². The monoisotopic (exact) mass is 370 g/mol. The number of benzene rings is 2. The third-order valence-corrected chi connectivity index (χ3v) is 6.57. The Morgan fingerprint density at radius 3 is 2.23 bits per heavy atom. The number of hydrogen-bond donors (Lipinski definition) is 1. The molecule has 136 valence electrons. The van der Waals surface area contributed by atoms with Crippen LogP contribution in [0.15, 0.2) is 78.2 Å². The van der Waals surface area contributed by atoms with Crippen LogP contribution >= 0.6 is 0 Å². The average molecular weight is 370 g/mol. The highest BCUT2D eigenvalue weighted by Gasteiger charge is 2.37. The Morgan fingerprint density at radius 2 is 1.65 bits per heavy atom. The molecule has 1 heterocycles. The number of nitrogens with zero attached hydrogens (tertiary/aromatic N) is 2. The first-order valence-corrected chi connectivity index (χ1v) is 10.0. The van der Waals surface area contributed by atoms with E-state index in [1.165, 1.54) is 10.8 Å². The minimum Gasteiger partial charge on any atom is -0.391 e. The zero-order valence-electron chi connectivity index (χ0n) is 14.6. The van der Waals surface area contributed by atoms with E-state index in [-0.39, 0.29) is 5.16 Å². The van der Waals surface area contributed by atoms with E-state index in [0.717, 1.165) is 5.56 Å². The molecule has 0 amide bonds. The van der Waals surface area contributed by atoms with Crippen LogP contribution in [-0.4, -0.2) is 29.2 Å². The normalized spacial score (nSPS) is 14.1. The lowest BCUT2D eigenvalue weighted by molar-refractivity contribution is 0.158. The minimum atomic E-state index is -3.84. The fourth-order valence-electron chi connectivity index (χ4n) is 3.10. The second-order valence-corrected chi connectivity index (χ2v) is 8.25. The van der Waals surface area contributed by atoms with Gasteiger partial charge in [0.25, 0.3) is 0 Å². The van der Waals surface area contributed by atoms with Gasteiger partial charge in [-0.05, 0) is 24.0 Å². The summed E-state index contributed by atoms with van der Waals surface area (Å²) < 4.78 is 27.9. The molecule has 26 heavy (non-hydrogen) atoms. The van der Waals surface area contributed by atoms with Crippen molar-refractivity contribution in [1.29, 1.82) is 0 Å². The van der Waals surface area contributed by atoms with E-state index in [1.807, 2.05) is 36.4 Å². The molecule has 0 fully saturated rings. The predicted molar refractivity (Wildman–Crippen MR) is 100 cm³/mol. The molecule has 0 saturated carbocycles. The number of aliphatic hydroxyl groups excluding tert-OH is 1. The highest BCUT2D eigenvalue weighted by atomic mass is 32.2. The first-order chi connectivity index (χ1) is 12.5. The van der Waals surface area contributed by atoms with Gasteiger partial charge in [0, 0.05) is 19.4 Å². The Hall–Kier alpha value is -2.44. The lowest BCUT2D eigenvalue weighted by atomic mass is 10.0. The quantitative estimate of drug-likeness (QED) is 0.694. The van der Waals surface area contributed by atoms with Gasteiger partial charge >= 0.3 is 0 Å². The van der Waals surface area contributed by atoms with E-state index >= 15 is 0 Å². The van der Waals surface area contributed by atoms with Gasteiger partial charge in [0.2, 0.25) is 15.0 Å². The largest absolute Gasteiger partial charge is 0.391 e. The minimum absolute atomic E-state index is 0.0369. The third-order valence-electron chi connectivity index (χ3n) is 4.41. The zero-order valence-corrected chi connectivity index (χ0v) is 15.4. The van der Waals surface area contributed by atoms with Crippen LogP contribution in [0.4, 0.5) is 0 Å². The number of imidazole rings is 1. The molecule has 0 aliphatic rings. The summed E-state index contributed by atoms with van der Waals surface area (Å²) in [7, 11) is -2.21. The van der Waals surface area contributed by atoms with Crippen LogP contribution in [0.1, 0.15) is 22.8 Å². The Balaban J connectivity index is 1.92. The van der Waals surface area contributed by atoms with Crippen LogP contribution in [0.25, 0.3) is 0 Å². The van der Waals surface area contributed by atoms with Gasteiger partial charge in [0.05, 0.1) is 6.10 Å². The second-order valence-electron chi connectivity index (χ2n) is 6.29. The number of aryl methyl sites for hydroxylation is 2. The van der Waals surface area contributed by atoms with Crippen molar-refractivity contribution in [3.63, 3.8) is 0 Å². The van der Waals surface area contributed by atoms with Gasteiger partial charge in [-0.15, -0.1) is 0 Å². The summed E-state index contributed by atoms with van der Waals surface area (Å²) in [5.74, 6) is 0. The van der Waals surface area contributed by atoms with Gasteiger partial charge in [-0.2, -0.15) is 0 Å². The fraction of sp³-hybridized carbons (Fsp3) is 0.250. The van der Waals surface area contributed by atoms with Crippen molar-refractivity contribution in [2.24, 2.45) is 7.05 Å². The maximum Gasteiger partial charge on any atom is 0.228 e. The number of aliphatic hydroxyl groups is 1. The molecule has 6 heteroatoms. The van der Waals surface area contributed by atoms with Crippen LogP contribution < -0.4 is 0 Å². The smallest absolute Gasteiger partial charge is 0.228 e. The summed E-state index contributed by atoms with van der Waals surface area (Å²) >= 11 is 0. The number of sulfone groups is 1. The molecular formula is C20H22N2O3S. The molecule has 5 nitrogen and oxygen atoms in total. The van der Waals surface area contributed by atoms with Gasteiger partial charge < -0.3 is 9.67 Å². The lowest BCUT2D eigenvalue weighted by Gasteiger charge is -2.23. The third kappa shape index (κ3) is 3.86. The van der Waals surface area contributed by atoms with Crippen LogP contribution in [0, 0.1) is 0 Å². The molecule has 0 bridgehead atoms. The van der Waals surface area contributed by atoms with Crippen molar-refractivity contribution < 1.29 is 13.5 Å². The SMILES string of the molecule is Cn1ccnc1S(=O)(=O)C(c1ccccc1)C(O)CCc1ccccc1. The number of hydrogen-bond acceptors (Lipinski definition) is 4. The zero-order chi connectivity index (χ0) is 18.6. The van der Waals surface area contributed by atoms with Crippen molar-refractivity contribution in [1.82, 2.24) is 9.55 Å². The molecule has 2 atom stereocenters. The molecular weight excluding hydrogens is 348 g/mol. The van der Waals surface area contributed by atoms with Crippen molar-refractivity contribution in [2.75, 3.05) is 0 Å². The van der Waals surface area contributed by atoms with E-state index in [1.54, 1.807) is 37.5 Å². The topological polar surface area (TPSA) is 72.2 Å². The molecule has 1 aromatic heterocycles. The molecule has 2 unspecified atom stereocenters. The predicted octanol–water partition coefficient (Wildman–Crippen LogP) is 2.93. The molecule has 3 rings (SSSR count). The van der Waals surface area contributed by atoms with Gasteiger partial charge in [0.1, 0.15) is 5.25 Å². The van der Waals surface area contributed by atoms with E-state index in [0.29, 0.717) is 18.4 Å². The molecule has 0 saturated heterocycles. The summed E-state index contributed by atoms with van der Waals surface area (Å²) in [5, 5.41) is 9.73. The molecule has 2 aromatic carbocycles. The number of aromatic nitrogens is 2. The molecule has 0 spiro atoms. The van der Waals surface area contributed by atoms with Crippen molar-refractivity contribution >= 4 is 9.84 Å². The van der Waals surface area contributed by atoms with Crippen molar-refractivity contribution in [3.05, 3.63) is 84.2 Å². The van der Waals surface area contributed by atoms with E-state index in [4.69, 9.17) is 0 Å². The Labute approximate surface area is 153 Å². The van der Waals surface area contributed by atoms with E-state index in [9.17, 15) is 13.5 Å².